The van der Waals surface area contributed by atoms with E-state index in [1.807, 2.05) is 4.90 Å². The molecule has 0 N–H and O–H groups in total. The Morgan fingerprint density at radius 3 is 2.33 bits per heavy atom. The van der Waals surface area contributed by atoms with Gasteiger partial charge in [0, 0.05) is 44.8 Å². The summed E-state index contributed by atoms with van der Waals surface area (Å²) in [6.45, 7) is 7.54. The first-order valence-electron chi connectivity index (χ1n) is 9.67. The molecule has 0 bridgehead atoms. The Morgan fingerprint density at radius 1 is 1.11 bits per heavy atom. The van der Waals surface area contributed by atoms with Crippen molar-refractivity contribution < 1.29 is 18.7 Å². The average molecular weight is 377 g/mol. The van der Waals surface area contributed by atoms with Crippen LogP contribution in [0.15, 0.2) is 18.2 Å². The maximum absolute atomic E-state index is 14.7. The van der Waals surface area contributed by atoms with E-state index in [4.69, 9.17) is 4.74 Å². The van der Waals surface area contributed by atoms with Gasteiger partial charge in [0.2, 0.25) is 0 Å². The van der Waals surface area contributed by atoms with E-state index in [2.05, 4.69) is 11.8 Å². The molecule has 6 nitrogen and oxygen atoms in total. The molecule has 0 spiro atoms. The van der Waals surface area contributed by atoms with Gasteiger partial charge < -0.3 is 19.4 Å². The molecule has 3 rings (SSSR count). The molecule has 2 aliphatic heterocycles. The van der Waals surface area contributed by atoms with E-state index in [0.29, 0.717) is 37.2 Å². The van der Waals surface area contributed by atoms with E-state index < -0.39 is 0 Å². The SMILES string of the molecule is CCN1CCN(c2ccc(C(=O)N3CCC(C(=O)OC)CC3)cc2F)CC1. The second-order valence-electron chi connectivity index (χ2n) is 7.18. The van der Waals surface area contributed by atoms with Crippen molar-refractivity contribution in [2.75, 3.05) is 57.8 Å². The summed E-state index contributed by atoms with van der Waals surface area (Å²) in [4.78, 5) is 30.4. The summed E-state index contributed by atoms with van der Waals surface area (Å²) in [5, 5.41) is 0. The highest BCUT2D eigenvalue weighted by Crippen LogP contribution is 2.24. The summed E-state index contributed by atoms with van der Waals surface area (Å²) in [6.07, 6.45) is 1.17. The zero-order valence-electron chi connectivity index (χ0n) is 16.1. The van der Waals surface area contributed by atoms with E-state index in [9.17, 15) is 14.0 Å². The summed E-state index contributed by atoms with van der Waals surface area (Å²) in [5.41, 5.74) is 0.923. The number of likely N-dealkylation sites (tertiary alicyclic amines) is 1. The molecule has 0 saturated carbocycles. The number of carbonyl (C=O) groups excluding carboxylic acids is 2. The van der Waals surface area contributed by atoms with Crippen LogP contribution in [0.3, 0.4) is 0 Å². The summed E-state index contributed by atoms with van der Waals surface area (Å²) < 4.78 is 19.4. The first-order valence-corrected chi connectivity index (χ1v) is 9.67. The van der Waals surface area contributed by atoms with E-state index in [-0.39, 0.29) is 23.6 Å². The monoisotopic (exact) mass is 377 g/mol. The lowest BCUT2D eigenvalue weighted by Crippen LogP contribution is -2.46. The molecule has 1 aromatic rings. The molecule has 0 aliphatic carbocycles. The van der Waals surface area contributed by atoms with Crippen molar-refractivity contribution in [1.82, 2.24) is 9.80 Å². The Balaban J connectivity index is 1.62. The van der Waals surface area contributed by atoms with Gasteiger partial charge in [-0.2, -0.15) is 0 Å². The number of amides is 1. The number of piperazine rings is 1. The van der Waals surface area contributed by atoms with Crippen LogP contribution in [0.1, 0.15) is 30.1 Å². The second-order valence-corrected chi connectivity index (χ2v) is 7.18. The Labute approximate surface area is 159 Å². The number of ether oxygens (including phenoxy) is 1. The first-order chi connectivity index (χ1) is 13.0. The van der Waals surface area contributed by atoms with Gasteiger partial charge in [0.25, 0.3) is 5.91 Å². The molecule has 7 heteroatoms. The minimum absolute atomic E-state index is 0.153. The summed E-state index contributed by atoms with van der Waals surface area (Å²) in [7, 11) is 1.38. The fourth-order valence-corrected chi connectivity index (χ4v) is 3.87. The Bertz CT molecular complexity index is 681. The van der Waals surface area contributed by atoms with Crippen LogP contribution < -0.4 is 4.90 Å². The predicted molar refractivity (Wildman–Crippen MR) is 101 cm³/mol. The third-order valence-electron chi connectivity index (χ3n) is 5.67. The van der Waals surface area contributed by atoms with Gasteiger partial charge in [0.1, 0.15) is 5.82 Å². The van der Waals surface area contributed by atoms with Crippen LogP contribution >= 0.6 is 0 Å². The van der Waals surface area contributed by atoms with Crippen LogP contribution in [0.5, 0.6) is 0 Å². The molecule has 1 amide bonds. The number of rotatable bonds is 4. The van der Waals surface area contributed by atoms with Crippen LogP contribution in [-0.2, 0) is 9.53 Å². The summed E-state index contributed by atoms with van der Waals surface area (Å²) in [5.74, 6) is -0.907. The van der Waals surface area contributed by atoms with Gasteiger partial charge in [-0.3, -0.25) is 9.59 Å². The van der Waals surface area contributed by atoms with Crippen LogP contribution in [0.4, 0.5) is 10.1 Å². The third-order valence-corrected chi connectivity index (χ3v) is 5.67. The van der Waals surface area contributed by atoms with Gasteiger partial charge in [-0.05, 0) is 37.6 Å². The van der Waals surface area contributed by atoms with Gasteiger partial charge in [0.15, 0.2) is 0 Å². The van der Waals surface area contributed by atoms with Crippen molar-refractivity contribution in [3.05, 3.63) is 29.6 Å². The molecule has 0 radical (unpaired) electrons. The van der Waals surface area contributed by atoms with E-state index in [1.165, 1.54) is 13.2 Å². The number of halogens is 1. The summed E-state index contributed by atoms with van der Waals surface area (Å²) in [6, 6.07) is 4.76. The normalized spacial score (nSPS) is 19.2. The van der Waals surface area contributed by atoms with Crippen molar-refractivity contribution >= 4 is 17.6 Å². The highest BCUT2D eigenvalue weighted by atomic mass is 19.1. The summed E-state index contributed by atoms with van der Waals surface area (Å²) >= 11 is 0. The van der Waals surface area contributed by atoms with Crippen molar-refractivity contribution in [2.45, 2.75) is 19.8 Å². The minimum Gasteiger partial charge on any atom is -0.469 e. The fourth-order valence-electron chi connectivity index (χ4n) is 3.87. The molecule has 0 atom stereocenters. The third kappa shape index (κ3) is 4.40. The highest BCUT2D eigenvalue weighted by Gasteiger charge is 2.29. The molecule has 2 heterocycles. The lowest BCUT2D eigenvalue weighted by atomic mass is 9.96. The lowest BCUT2D eigenvalue weighted by Gasteiger charge is -2.35. The Kier molecular flexibility index (Phi) is 6.31. The number of nitrogens with zero attached hydrogens (tertiary/aromatic N) is 3. The van der Waals surface area contributed by atoms with Crippen molar-refractivity contribution in [1.29, 1.82) is 0 Å². The smallest absolute Gasteiger partial charge is 0.308 e. The lowest BCUT2D eigenvalue weighted by molar-refractivity contribution is -0.146. The largest absolute Gasteiger partial charge is 0.469 e. The van der Waals surface area contributed by atoms with Crippen LogP contribution in [0, 0.1) is 11.7 Å². The van der Waals surface area contributed by atoms with Gasteiger partial charge in [-0.15, -0.1) is 0 Å². The number of piperidine rings is 1. The van der Waals surface area contributed by atoms with Gasteiger partial charge in [0.05, 0.1) is 18.7 Å². The molecule has 2 fully saturated rings. The Morgan fingerprint density at radius 2 is 1.78 bits per heavy atom. The number of likely N-dealkylation sites (N-methyl/N-ethyl adjacent to an activating group) is 1. The van der Waals surface area contributed by atoms with Crippen LogP contribution in [0.25, 0.3) is 0 Å². The molecular formula is C20H28FN3O3. The maximum Gasteiger partial charge on any atom is 0.308 e. The fraction of sp³-hybridized carbons (Fsp3) is 0.600. The number of hydrogen-bond acceptors (Lipinski definition) is 5. The van der Waals surface area contributed by atoms with Crippen LogP contribution in [-0.4, -0.2) is 74.6 Å². The zero-order chi connectivity index (χ0) is 19.4. The van der Waals surface area contributed by atoms with Gasteiger partial charge >= 0.3 is 5.97 Å². The number of anilines is 1. The maximum atomic E-state index is 14.7. The van der Waals surface area contributed by atoms with Crippen molar-refractivity contribution in [3.63, 3.8) is 0 Å². The molecule has 27 heavy (non-hydrogen) atoms. The molecule has 0 unspecified atom stereocenters. The minimum atomic E-state index is -0.352. The van der Waals surface area contributed by atoms with E-state index >= 15 is 0 Å². The molecule has 0 aromatic heterocycles. The topological polar surface area (TPSA) is 53.1 Å². The van der Waals surface area contributed by atoms with E-state index in [1.54, 1.807) is 17.0 Å². The number of carbonyl (C=O) groups is 2. The second kappa shape index (κ2) is 8.69. The Hall–Kier alpha value is -2.15. The predicted octanol–water partition coefficient (Wildman–Crippen LogP) is 1.99. The molecule has 2 saturated heterocycles. The van der Waals surface area contributed by atoms with Crippen molar-refractivity contribution in [2.24, 2.45) is 5.92 Å². The molecule has 2 aliphatic rings. The standard InChI is InChI=1S/C20H28FN3O3/c1-3-22-10-12-23(13-11-22)18-5-4-16(14-17(18)21)19(25)24-8-6-15(7-9-24)20(26)27-2/h4-5,14-15H,3,6-13H2,1-2H3. The quantitative estimate of drug-likeness (QED) is 0.751. The average Bonchev–Trinajstić information content (AvgIpc) is 2.72. The molecule has 148 valence electrons. The number of benzene rings is 1. The van der Waals surface area contributed by atoms with Gasteiger partial charge in [-0.1, -0.05) is 6.92 Å². The van der Waals surface area contributed by atoms with Gasteiger partial charge in [-0.25, -0.2) is 4.39 Å². The number of esters is 1. The number of hydrogen-bond donors (Lipinski definition) is 0. The van der Waals surface area contributed by atoms with E-state index in [0.717, 1.165) is 32.7 Å². The van der Waals surface area contributed by atoms with Crippen LogP contribution in [0.2, 0.25) is 0 Å². The molecular weight excluding hydrogens is 349 g/mol. The number of methoxy groups -OCH3 is 1. The first kappa shape index (κ1) is 19.6. The van der Waals surface area contributed by atoms with Crippen molar-refractivity contribution in [3.8, 4) is 0 Å². The highest BCUT2D eigenvalue weighted by molar-refractivity contribution is 5.94. The molecule has 1 aromatic carbocycles. The zero-order valence-corrected chi connectivity index (χ0v) is 16.1.